The summed E-state index contributed by atoms with van der Waals surface area (Å²) in [5.74, 6) is -4.64. The predicted molar refractivity (Wildman–Crippen MR) is 98.0 cm³/mol. The van der Waals surface area contributed by atoms with E-state index >= 15 is 0 Å². The maximum atomic E-state index is 14.6. The third-order valence-corrected chi connectivity index (χ3v) is 4.86. The molecular weight excluding hydrogens is 400 g/mol. The van der Waals surface area contributed by atoms with Gasteiger partial charge >= 0.3 is 5.97 Å². The molecule has 0 saturated carbocycles. The highest BCUT2D eigenvalue weighted by molar-refractivity contribution is 5.83. The van der Waals surface area contributed by atoms with Gasteiger partial charge in [0.1, 0.15) is 23.3 Å². The fourth-order valence-electron chi connectivity index (χ4n) is 3.47. The zero-order chi connectivity index (χ0) is 21.5. The van der Waals surface area contributed by atoms with Crippen LogP contribution >= 0.6 is 0 Å². The zero-order valence-corrected chi connectivity index (χ0v) is 15.6. The van der Waals surface area contributed by atoms with Crippen molar-refractivity contribution in [3.8, 4) is 0 Å². The number of hydrogen-bond donors (Lipinski definition) is 0. The Hall–Kier alpha value is -3.55. The van der Waals surface area contributed by atoms with Crippen LogP contribution in [0.4, 0.5) is 17.6 Å². The van der Waals surface area contributed by atoms with E-state index in [1.807, 2.05) is 0 Å². The topological polar surface area (TPSA) is 51.0 Å². The molecule has 1 aliphatic rings. The molecule has 0 bridgehead atoms. The highest BCUT2D eigenvalue weighted by Gasteiger charge is 2.47. The Balaban J connectivity index is 1.96. The normalized spacial score (nSPS) is 17.1. The molecule has 0 spiro atoms. The summed E-state index contributed by atoms with van der Waals surface area (Å²) in [6.45, 7) is 0. The second-order valence-electron chi connectivity index (χ2n) is 6.65. The maximum Gasteiger partial charge on any atom is 0.361 e. The molecule has 4 nitrogen and oxygen atoms in total. The molecule has 0 aromatic heterocycles. The van der Waals surface area contributed by atoms with E-state index in [9.17, 15) is 22.4 Å². The fourth-order valence-corrected chi connectivity index (χ4v) is 3.47. The van der Waals surface area contributed by atoms with Crippen LogP contribution < -0.4 is 10.7 Å². The van der Waals surface area contributed by atoms with Gasteiger partial charge in [0.25, 0.3) is 5.66 Å². The van der Waals surface area contributed by atoms with E-state index in [2.05, 4.69) is 9.98 Å². The van der Waals surface area contributed by atoms with E-state index in [1.165, 1.54) is 12.1 Å². The Labute approximate surface area is 168 Å². The van der Waals surface area contributed by atoms with Crippen molar-refractivity contribution in [1.29, 1.82) is 0 Å². The first-order valence-corrected chi connectivity index (χ1v) is 8.91. The van der Waals surface area contributed by atoms with E-state index in [1.54, 1.807) is 12.1 Å². The molecule has 1 heterocycles. The van der Waals surface area contributed by atoms with Crippen LogP contribution in [0.5, 0.6) is 0 Å². The summed E-state index contributed by atoms with van der Waals surface area (Å²) in [4.78, 5) is 21.0. The van der Waals surface area contributed by atoms with Crippen molar-refractivity contribution in [3.05, 3.63) is 105 Å². The summed E-state index contributed by atoms with van der Waals surface area (Å²) in [7, 11) is 1.05. The largest absolute Gasteiger partial charge is 0.465 e. The van der Waals surface area contributed by atoms with Crippen LogP contribution in [-0.2, 0) is 21.6 Å². The first-order chi connectivity index (χ1) is 14.4. The van der Waals surface area contributed by atoms with Gasteiger partial charge in [0.05, 0.1) is 23.4 Å². The number of para-hydroxylation sites is 1. The van der Waals surface area contributed by atoms with Crippen LogP contribution in [0.3, 0.4) is 0 Å². The molecule has 3 aromatic carbocycles. The maximum absolute atomic E-state index is 14.6. The third-order valence-electron chi connectivity index (χ3n) is 4.86. The van der Waals surface area contributed by atoms with Crippen molar-refractivity contribution >= 4 is 5.97 Å². The van der Waals surface area contributed by atoms with Crippen LogP contribution in [0.15, 0.2) is 64.6 Å². The lowest BCUT2D eigenvalue weighted by Gasteiger charge is -2.21. The summed E-state index contributed by atoms with van der Waals surface area (Å²) < 4.78 is 62.1. The lowest BCUT2D eigenvalue weighted by molar-refractivity contribution is -0.147. The van der Waals surface area contributed by atoms with Gasteiger partial charge in [0.15, 0.2) is 0 Å². The summed E-state index contributed by atoms with van der Waals surface area (Å²) in [6, 6.07) is 11.2. The smallest absolute Gasteiger partial charge is 0.361 e. The number of carbonyl (C=O) groups excluding carboxylic acids is 1. The second kappa shape index (κ2) is 7.37. The quantitative estimate of drug-likeness (QED) is 0.487. The van der Waals surface area contributed by atoms with Crippen molar-refractivity contribution < 1.29 is 27.1 Å². The van der Waals surface area contributed by atoms with Crippen molar-refractivity contribution in [3.63, 3.8) is 0 Å². The second-order valence-corrected chi connectivity index (χ2v) is 6.65. The molecule has 0 amide bonds. The first kappa shape index (κ1) is 19.8. The number of methoxy groups -OCH3 is 1. The average Bonchev–Trinajstić information content (AvgIpc) is 3.11. The molecule has 30 heavy (non-hydrogen) atoms. The minimum atomic E-state index is -2.34. The fraction of sp³-hybridized carbons (Fsp3) is 0.136. The molecule has 152 valence electrons. The van der Waals surface area contributed by atoms with Gasteiger partial charge in [-0.1, -0.05) is 24.3 Å². The van der Waals surface area contributed by atoms with E-state index in [0.29, 0.717) is 5.56 Å². The summed E-state index contributed by atoms with van der Waals surface area (Å²) in [6.07, 6.45) is -0.197. The lowest BCUT2D eigenvalue weighted by atomic mass is 9.99. The number of esters is 1. The number of hydrogen-bond acceptors (Lipinski definition) is 4. The number of halogens is 4. The van der Waals surface area contributed by atoms with Crippen LogP contribution in [0.25, 0.3) is 0 Å². The average molecular weight is 414 g/mol. The van der Waals surface area contributed by atoms with Crippen LogP contribution in [0.2, 0.25) is 0 Å². The van der Waals surface area contributed by atoms with Gasteiger partial charge in [-0.25, -0.2) is 32.3 Å². The molecular formula is C22H14F4N2O2. The monoisotopic (exact) mass is 414 g/mol. The molecule has 4 rings (SSSR count). The molecule has 0 N–H and O–H groups in total. The molecule has 0 fully saturated rings. The minimum absolute atomic E-state index is 0.105. The zero-order valence-electron chi connectivity index (χ0n) is 15.6. The summed E-state index contributed by atoms with van der Waals surface area (Å²) in [5, 5.41) is 0.255. The SMILES string of the molecule is COC(=O)C1(c2c(F)cccc2F)N=c2cccc(Cc3c(F)cccc3F)c2=N1. The van der Waals surface area contributed by atoms with Gasteiger partial charge in [-0.3, -0.25) is 0 Å². The Morgan fingerprint density at radius 3 is 2.03 bits per heavy atom. The molecule has 0 aliphatic carbocycles. The van der Waals surface area contributed by atoms with Gasteiger partial charge in [-0.2, -0.15) is 0 Å². The van der Waals surface area contributed by atoms with E-state index in [-0.39, 0.29) is 22.7 Å². The molecule has 1 atom stereocenters. The number of rotatable bonds is 4. The van der Waals surface area contributed by atoms with Gasteiger partial charge in [0, 0.05) is 12.0 Å². The van der Waals surface area contributed by atoms with E-state index in [0.717, 1.165) is 37.4 Å². The molecule has 1 aliphatic heterocycles. The number of benzene rings is 3. The molecule has 1 unspecified atom stereocenters. The Morgan fingerprint density at radius 2 is 1.43 bits per heavy atom. The molecule has 3 aromatic rings. The lowest BCUT2D eigenvalue weighted by Crippen LogP contribution is -2.35. The van der Waals surface area contributed by atoms with Crippen molar-refractivity contribution in [2.45, 2.75) is 12.1 Å². The minimum Gasteiger partial charge on any atom is -0.465 e. The number of ether oxygens (including phenoxy) is 1. The Bertz CT molecular complexity index is 1250. The van der Waals surface area contributed by atoms with Crippen molar-refractivity contribution in [2.75, 3.05) is 7.11 Å². The standard InChI is InChI=1S/C22H14F4N2O2/c1-30-21(29)22(19-16(25)8-4-9-17(19)26)27-18-10-2-5-12(20(18)28-22)11-13-14(23)6-3-7-15(13)24/h2-10H,11H2,1H3. The molecule has 8 heteroatoms. The first-order valence-electron chi connectivity index (χ1n) is 8.91. The van der Waals surface area contributed by atoms with Crippen LogP contribution in [0.1, 0.15) is 16.7 Å². The highest BCUT2D eigenvalue weighted by atomic mass is 19.1. The van der Waals surface area contributed by atoms with E-state index in [4.69, 9.17) is 4.74 Å². The predicted octanol–water partition coefficient (Wildman–Crippen LogP) is 3.11. The number of nitrogens with zero attached hydrogens (tertiary/aromatic N) is 2. The van der Waals surface area contributed by atoms with Gasteiger partial charge < -0.3 is 4.74 Å². The molecule has 0 saturated heterocycles. The van der Waals surface area contributed by atoms with Crippen LogP contribution in [-0.4, -0.2) is 13.1 Å². The van der Waals surface area contributed by atoms with Gasteiger partial charge in [-0.05, 0) is 35.9 Å². The Morgan fingerprint density at radius 1 is 0.867 bits per heavy atom. The van der Waals surface area contributed by atoms with E-state index < -0.39 is 40.5 Å². The summed E-state index contributed by atoms with van der Waals surface area (Å²) in [5.41, 5.74) is -2.89. The number of fused-ring (bicyclic) bond motifs is 1. The third kappa shape index (κ3) is 3.04. The highest BCUT2D eigenvalue weighted by Crippen LogP contribution is 2.34. The Kier molecular flexibility index (Phi) is 4.85. The van der Waals surface area contributed by atoms with Crippen molar-refractivity contribution in [2.24, 2.45) is 9.98 Å². The summed E-state index contributed by atoms with van der Waals surface area (Å²) >= 11 is 0. The number of carbonyl (C=O) groups is 1. The molecule has 0 radical (unpaired) electrons. The van der Waals surface area contributed by atoms with Crippen LogP contribution in [0, 0.1) is 23.3 Å². The van der Waals surface area contributed by atoms with Gasteiger partial charge in [0.2, 0.25) is 0 Å². The van der Waals surface area contributed by atoms with Crippen molar-refractivity contribution in [1.82, 2.24) is 0 Å². The van der Waals surface area contributed by atoms with Gasteiger partial charge in [-0.15, -0.1) is 0 Å².